The van der Waals surface area contributed by atoms with Crippen LogP contribution in [0.4, 0.5) is 0 Å². The first-order valence-corrected chi connectivity index (χ1v) is 4.69. The maximum Gasteiger partial charge on any atom is 0.239 e. The summed E-state index contributed by atoms with van der Waals surface area (Å²) in [6.45, 7) is 6.19. The topological polar surface area (TPSA) is 49.6 Å². The van der Waals surface area contributed by atoms with Gasteiger partial charge in [0.05, 0.1) is 6.04 Å². The van der Waals surface area contributed by atoms with E-state index in [9.17, 15) is 4.79 Å². The normalized spacial score (nSPS) is 13.1. The number of nitrogens with zero attached hydrogens (tertiary/aromatic N) is 2. The van der Waals surface area contributed by atoms with Gasteiger partial charge in [0.2, 0.25) is 5.91 Å². The molecule has 0 rings (SSSR count). The molecule has 4 heteroatoms. The van der Waals surface area contributed by atoms with Gasteiger partial charge >= 0.3 is 0 Å². The van der Waals surface area contributed by atoms with Crippen molar-refractivity contribution < 1.29 is 4.79 Å². The molecule has 0 spiro atoms. The number of hydrogen-bond acceptors (Lipinski definition) is 3. The molecular weight excluding hydrogens is 166 g/mol. The highest BCUT2D eigenvalue weighted by Crippen LogP contribution is 2.00. The third-order valence-electron chi connectivity index (χ3n) is 2.17. The van der Waals surface area contributed by atoms with Crippen molar-refractivity contribution in [2.75, 3.05) is 33.7 Å². The number of likely N-dealkylation sites (N-methyl/N-ethyl adjacent to an activating group) is 2. The van der Waals surface area contributed by atoms with E-state index in [1.165, 1.54) is 0 Å². The molecule has 0 bridgehead atoms. The molecule has 0 saturated heterocycles. The van der Waals surface area contributed by atoms with Crippen LogP contribution in [0.1, 0.15) is 13.8 Å². The second-order valence-corrected chi connectivity index (χ2v) is 3.33. The van der Waals surface area contributed by atoms with Crippen LogP contribution >= 0.6 is 0 Å². The first kappa shape index (κ1) is 12.4. The van der Waals surface area contributed by atoms with Crippen LogP contribution in [0.25, 0.3) is 0 Å². The monoisotopic (exact) mass is 187 g/mol. The van der Waals surface area contributed by atoms with E-state index in [2.05, 4.69) is 4.90 Å². The van der Waals surface area contributed by atoms with E-state index in [0.717, 1.165) is 13.1 Å². The first-order valence-electron chi connectivity index (χ1n) is 4.69. The fraction of sp³-hybridized carbons (Fsp3) is 0.889. The first-order chi connectivity index (χ1) is 6.04. The molecule has 0 aliphatic carbocycles. The van der Waals surface area contributed by atoms with E-state index in [4.69, 9.17) is 5.73 Å². The second kappa shape index (κ2) is 5.94. The Kier molecular flexibility index (Phi) is 5.66. The van der Waals surface area contributed by atoms with E-state index >= 15 is 0 Å². The highest BCUT2D eigenvalue weighted by molar-refractivity contribution is 5.80. The average molecular weight is 187 g/mol. The van der Waals surface area contributed by atoms with E-state index in [1.54, 1.807) is 19.0 Å². The second-order valence-electron chi connectivity index (χ2n) is 3.33. The largest absolute Gasteiger partial charge is 0.347 e. The molecule has 2 N–H and O–H groups in total. The molecule has 0 saturated carbocycles. The lowest BCUT2D eigenvalue weighted by Crippen LogP contribution is -2.46. The number of nitrogens with two attached hydrogens (primary N) is 1. The summed E-state index contributed by atoms with van der Waals surface area (Å²) in [4.78, 5) is 15.2. The fourth-order valence-corrected chi connectivity index (χ4v) is 1.32. The third-order valence-corrected chi connectivity index (χ3v) is 2.17. The summed E-state index contributed by atoms with van der Waals surface area (Å²) in [5.74, 6) is 0.135. The Bertz CT molecular complexity index is 159. The van der Waals surface area contributed by atoms with E-state index in [0.29, 0.717) is 6.54 Å². The summed E-state index contributed by atoms with van der Waals surface area (Å²) in [6, 6.07) is -0.0662. The maximum absolute atomic E-state index is 11.6. The van der Waals surface area contributed by atoms with Gasteiger partial charge in [-0.1, -0.05) is 6.92 Å². The van der Waals surface area contributed by atoms with Crippen molar-refractivity contribution in [3.8, 4) is 0 Å². The molecule has 1 unspecified atom stereocenters. The van der Waals surface area contributed by atoms with Crippen molar-refractivity contribution >= 4 is 5.91 Å². The smallest absolute Gasteiger partial charge is 0.239 e. The number of amides is 1. The van der Waals surface area contributed by atoms with Gasteiger partial charge in [0.1, 0.15) is 0 Å². The van der Waals surface area contributed by atoms with Gasteiger partial charge in [0, 0.05) is 27.2 Å². The minimum atomic E-state index is -0.0662. The van der Waals surface area contributed by atoms with Gasteiger partial charge in [0.25, 0.3) is 0 Å². The molecule has 0 aromatic rings. The molecule has 78 valence electrons. The van der Waals surface area contributed by atoms with E-state index in [1.807, 2.05) is 13.8 Å². The van der Waals surface area contributed by atoms with Crippen molar-refractivity contribution in [3.05, 3.63) is 0 Å². The summed E-state index contributed by atoms with van der Waals surface area (Å²) >= 11 is 0. The Morgan fingerprint density at radius 3 is 2.31 bits per heavy atom. The molecule has 0 aliphatic rings. The molecule has 1 amide bonds. The van der Waals surface area contributed by atoms with Crippen molar-refractivity contribution in [1.82, 2.24) is 9.80 Å². The van der Waals surface area contributed by atoms with Gasteiger partial charge in [-0.25, -0.2) is 0 Å². The number of carbonyl (C=O) groups is 1. The molecular formula is C9H21N3O. The van der Waals surface area contributed by atoms with Gasteiger partial charge < -0.3 is 10.6 Å². The molecule has 0 aromatic heterocycles. The standard InChI is InChI=1S/C9H21N3O/c1-5-12(7-6-10)8(2)9(13)11(3)4/h8H,5-7,10H2,1-4H3. The van der Waals surface area contributed by atoms with Gasteiger partial charge in [0.15, 0.2) is 0 Å². The van der Waals surface area contributed by atoms with Crippen molar-refractivity contribution in [2.24, 2.45) is 5.73 Å². The average Bonchev–Trinajstić information content (AvgIpc) is 2.11. The maximum atomic E-state index is 11.6. The van der Waals surface area contributed by atoms with Crippen LogP contribution < -0.4 is 5.73 Å². The van der Waals surface area contributed by atoms with E-state index in [-0.39, 0.29) is 11.9 Å². The summed E-state index contributed by atoms with van der Waals surface area (Å²) in [7, 11) is 3.55. The van der Waals surface area contributed by atoms with Crippen LogP contribution in [0.2, 0.25) is 0 Å². The quantitative estimate of drug-likeness (QED) is 0.645. The minimum Gasteiger partial charge on any atom is -0.347 e. The van der Waals surface area contributed by atoms with Gasteiger partial charge in [-0.2, -0.15) is 0 Å². The summed E-state index contributed by atoms with van der Waals surface area (Å²) in [5, 5.41) is 0. The van der Waals surface area contributed by atoms with Gasteiger partial charge in [-0.3, -0.25) is 9.69 Å². The van der Waals surface area contributed by atoms with Crippen molar-refractivity contribution in [2.45, 2.75) is 19.9 Å². The van der Waals surface area contributed by atoms with Crippen LogP contribution in [0, 0.1) is 0 Å². The Balaban J connectivity index is 4.18. The van der Waals surface area contributed by atoms with Crippen molar-refractivity contribution in [1.29, 1.82) is 0 Å². The fourth-order valence-electron chi connectivity index (χ4n) is 1.32. The molecule has 0 radical (unpaired) electrons. The van der Waals surface area contributed by atoms with Crippen LogP contribution in [0.3, 0.4) is 0 Å². The van der Waals surface area contributed by atoms with E-state index < -0.39 is 0 Å². The molecule has 1 atom stereocenters. The molecule has 0 aliphatic heterocycles. The summed E-state index contributed by atoms with van der Waals surface area (Å²) in [6.07, 6.45) is 0. The Hall–Kier alpha value is -0.610. The van der Waals surface area contributed by atoms with Gasteiger partial charge in [-0.05, 0) is 13.5 Å². The lowest BCUT2D eigenvalue weighted by atomic mass is 10.2. The highest BCUT2D eigenvalue weighted by Gasteiger charge is 2.20. The lowest BCUT2D eigenvalue weighted by molar-refractivity contribution is -0.133. The summed E-state index contributed by atoms with van der Waals surface area (Å²) in [5.41, 5.74) is 5.45. The van der Waals surface area contributed by atoms with Crippen LogP contribution in [-0.2, 0) is 4.79 Å². The third kappa shape index (κ3) is 3.74. The Morgan fingerprint density at radius 1 is 1.46 bits per heavy atom. The zero-order valence-electron chi connectivity index (χ0n) is 9.08. The molecule has 4 nitrogen and oxygen atoms in total. The highest BCUT2D eigenvalue weighted by atomic mass is 16.2. The van der Waals surface area contributed by atoms with Crippen LogP contribution in [0.5, 0.6) is 0 Å². The number of hydrogen-bond donors (Lipinski definition) is 1. The number of rotatable bonds is 5. The Morgan fingerprint density at radius 2 is 2.00 bits per heavy atom. The molecule has 13 heavy (non-hydrogen) atoms. The predicted octanol–water partition coefficient (Wildman–Crippen LogP) is -0.256. The predicted molar refractivity (Wildman–Crippen MR) is 54.5 cm³/mol. The van der Waals surface area contributed by atoms with Crippen LogP contribution in [-0.4, -0.2) is 55.5 Å². The lowest BCUT2D eigenvalue weighted by Gasteiger charge is -2.28. The SMILES string of the molecule is CCN(CCN)C(C)C(=O)N(C)C. The number of carbonyl (C=O) groups excluding carboxylic acids is 1. The zero-order valence-corrected chi connectivity index (χ0v) is 9.08. The molecule has 0 aromatic carbocycles. The van der Waals surface area contributed by atoms with Crippen LogP contribution in [0.15, 0.2) is 0 Å². The molecule has 0 heterocycles. The minimum absolute atomic E-state index is 0.0662. The van der Waals surface area contributed by atoms with Crippen molar-refractivity contribution in [3.63, 3.8) is 0 Å². The summed E-state index contributed by atoms with van der Waals surface area (Å²) < 4.78 is 0. The molecule has 0 fully saturated rings. The zero-order chi connectivity index (χ0) is 10.4. The van der Waals surface area contributed by atoms with Gasteiger partial charge in [-0.15, -0.1) is 0 Å². The Labute approximate surface area is 80.7 Å².